The third-order valence-electron chi connectivity index (χ3n) is 2.82. The zero-order valence-electron chi connectivity index (χ0n) is 8.02. The molecule has 0 bridgehead atoms. The van der Waals surface area contributed by atoms with Gasteiger partial charge in [-0.05, 0) is 18.8 Å². The lowest BCUT2D eigenvalue weighted by atomic mass is 9.77. The molecule has 1 aliphatic rings. The summed E-state index contributed by atoms with van der Waals surface area (Å²) in [6.07, 6.45) is 4.01. The Kier molecular flexibility index (Phi) is 2.94. The van der Waals surface area contributed by atoms with Gasteiger partial charge in [-0.15, -0.1) is 0 Å². The summed E-state index contributed by atoms with van der Waals surface area (Å²) in [5, 5.41) is 0. The molecule has 1 saturated heterocycles. The van der Waals surface area contributed by atoms with Gasteiger partial charge in [-0.1, -0.05) is 27.2 Å². The largest absolute Gasteiger partial charge is 0.380 e. The topological polar surface area (TPSA) is 9.23 Å². The van der Waals surface area contributed by atoms with E-state index in [1.54, 1.807) is 0 Å². The molecule has 0 unspecified atom stereocenters. The Morgan fingerprint density at radius 2 is 2.00 bits per heavy atom. The average molecular weight is 156 g/mol. The smallest absolute Gasteiger partial charge is 0.0544 e. The quantitative estimate of drug-likeness (QED) is 0.608. The second-order valence-electron chi connectivity index (χ2n) is 4.28. The summed E-state index contributed by atoms with van der Waals surface area (Å²) in [5.74, 6) is 0.846. The molecule has 66 valence electrons. The van der Waals surface area contributed by atoms with Crippen LogP contribution in [0, 0.1) is 11.3 Å². The van der Waals surface area contributed by atoms with E-state index in [0.717, 1.165) is 19.1 Å². The molecule has 0 spiro atoms. The van der Waals surface area contributed by atoms with Gasteiger partial charge in [0.2, 0.25) is 0 Å². The molecule has 0 radical (unpaired) electrons. The molecule has 0 aliphatic carbocycles. The highest BCUT2D eigenvalue weighted by molar-refractivity contribution is 4.84. The molecule has 1 rings (SSSR count). The summed E-state index contributed by atoms with van der Waals surface area (Å²) in [5.41, 5.74) is 0.574. The van der Waals surface area contributed by atoms with Gasteiger partial charge >= 0.3 is 0 Å². The van der Waals surface area contributed by atoms with Crippen LogP contribution in [0.4, 0.5) is 0 Å². The first kappa shape index (κ1) is 9.05. The van der Waals surface area contributed by atoms with Crippen molar-refractivity contribution in [2.24, 2.45) is 11.3 Å². The van der Waals surface area contributed by atoms with Crippen molar-refractivity contribution in [3.8, 4) is 0 Å². The van der Waals surface area contributed by atoms with Gasteiger partial charge < -0.3 is 4.74 Å². The fraction of sp³-hybridized carbons (Fsp3) is 1.00. The van der Waals surface area contributed by atoms with Crippen LogP contribution < -0.4 is 0 Å². The van der Waals surface area contributed by atoms with Gasteiger partial charge in [-0.3, -0.25) is 0 Å². The maximum absolute atomic E-state index is 5.26. The van der Waals surface area contributed by atoms with Crippen molar-refractivity contribution in [3.05, 3.63) is 0 Å². The fourth-order valence-electron chi connectivity index (χ4n) is 1.51. The van der Waals surface area contributed by atoms with Crippen LogP contribution in [0.15, 0.2) is 0 Å². The molecule has 0 aromatic heterocycles. The molecule has 1 heteroatoms. The van der Waals surface area contributed by atoms with E-state index in [0.29, 0.717) is 5.41 Å². The Bertz CT molecular complexity index is 109. The molecule has 0 saturated carbocycles. The Morgan fingerprint density at radius 3 is 2.27 bits per heavy atom. The van der Waals surface area contributed by atoms with E-state index < -0.39 is 0 Å². The molecule has 1 heterocycles. The van der Waals surface area contributed by atoms with Crippen LogP contribution >= 0.6 is 0 Å². The molecule has 1 nitrogen and oxygen atoms in total. The van der Waals surface area contributed by atoms with Gasteiger partial charge in [0.25, 0.3) is 0 Å². The van der Waals surface area contributed by atoms with Gasteiger partial charge in [-0.25, -0.2) is 0 Å². The van der Waals surface area contributed by atoms with Crippen LogP contribution in [0.1, 0.15) is 40.0 Å². The number of rotatable bonds is 4. The Balaban J connectivity index is 2.22. The molecule has 1 aliphatic heterocycles. The first-order chi connectivity index (χ1) is 5.18. The lowest BCUT2D eigenvalue weighted by molar-refractivity contribution is -0.121. The molecule has 0 aromatic rings. The van der Waals surface area contributed by atoms with Crippen LogP contribution in [0.25, 0.3) is 0 Å². The van der Waals surface area contributed by atoms with Gasteiger partial charge in [0.15, 0.2) is 0 Å². The summed E-state index contributed by atoms with van der Waals surface area (Å²) >= 11 is 0. The van der Waals surface area contributed by atoms with Crippen molar-refractivity contribution in [2.45, 2.75) is 40.0 Å². The molecule has 0 amide bonds. The minimum absolute atomic E-state index is 0.574. The predicted octanol–water partition coefficient (Wildman–Crippen LogP) is 2.85. The Hall–Kier alpha value is -0.0400. The average Bonchev–Trinajstić information content (AvgIpc) is 1.86. The maximum Gasteiger partial charge on any atom is 0.0544 e. The lowest BCUT2D eigenvalue weighted by Crippen LogP contribution is -2.42. The minimum Gasteiger partial charge on any atom is -0.380 e. The molecule has 0 aromatic carbocycles. The number of hydrogen-bond donors (Lipinski definition) is 0. The van der Waals surface area contributed by atoms with E-state index in [1.807, 2.05) is 0 Å². The summed E-state index contributed by atoms with van der Waals surface area (Å²) in [6.45, 7) is 8.89. The third-order valence-corrected chi connectivity index (χ3v) is 2.82. The third kappa shape index (κ3) is 2.19. The van der Waals surface area contributed by atoms with Crippen LogP contribution in [0.5, 0.6) is 0 Å². The van der Waals surface area contributed by atoms with Crippen molar-refractivity contribution < 1.29 is 4.74 Å². The minimum atomic E-state index is 0.574. The molecule has 0 N–H and O–H groups in total. The molecule has 0 atom stereocenters. The van der Waals surface area contributed by atoms with Crippen molar-refractivity contribution in [1.29, 1.82) is 0 Å². The van der Waals surface area contributed by atoms with Crippen LogP contribution in [0.3, 0.4) is 0 Å². The SMILES string of the molecule is CCC1(CCC(C)C)COC1. The molecule has 1 fully saturated rings. The second-order valence-corrected chi connectivity index (χ2v) is 4.28. The van der Waals surface area contributed by atoms with Crippen molar-refractivity contribution in [3.63, 3.8) is 0 Å². The molecule has 11 heavy (non-hydrogen) atoms. The van der Waals surface area contributed by atoms with Gasteiger partial charge in [0.05, 0.1) is 13.2 Å². The summed E-state index contributed by atoms with van der Waals surface area (Å²) < 4.78 is 5.26. The maximum atomic E-state index is 5.26. The van der Waals surface area contributed by atoms with E-state index >= 15 is 0 Å². The highest BCUT2D eigenvalue weighted by Gasteiger charge is 2.35. The zero-order valence-corrected chi connectivity index (χ0v) is 8.02. The van der Waals surface area contributed by atoms with E-state index in [2.05, 4.69) is 20.8 Å². The predicted molar refractivity (Wildman–Crippen MR) is 47.6 cm³/mol. The molecular formula is C10H20O. The monoisotopic (exact) mass is 156 g/mol. The first-order valence-corrected chi connectivity index (χ1v) is 4.76. The standard InChI is InChI=1S/C10H20O/c1-4-10(7-11-8-10)6-5-9(2)3/h9H,4-8H2,1-3H3. The van der Waals surface area contributed by atoms with E-state index in [4.69, 9.17) is 4.74 Å². The van der Waals surface area contributed by atoms with E-state index in [9.17, 15) is 0 Å². The molecular weight excluding hydrogens is 136 g/mol. The normalized spacial score (nSPS) is 21.8. The Morgan fingerprint density at radius 1 is 1.36 bits per heavy atom. The summed E-state index contributed by atoms with van der Waals surface area (Å²) in [4.78, 5) is 0. The highest BCUT2D eigenvalue weighted by atomic mass is 16.5. The van der Waals surface area contributed by atoms with E-state index in [1.165, 1.54) is 19.3 Å². The number of ether oxygens (including phenoxy) is 1. The summed E-state index contributed by atoms with van der Waals surface area (Å²) in [6, 6.07) is 0. The first-order valence-electron chi connectivity index (χ1n) is 4.76. The van der Waals surface area contributed by atoms with Crippen LogP contribution in [-0.2, 0) is 4.74 Å². The lowest BCUT2D eigenvalue weighted by Gasteiger charge is -2.41. The van der Waals surface area contributed by atoms with Crippen molar-refractivity contribution >= 4 is 0 Å². The van der Waals surface area contributed by atoms with Crippen LogP contribution in [-0.4, -0.2) is 13.2 Å². The van der Waals surface area contributed by atoms with Crippen molar-refractivity contribution in [2.75, 3.05) is 13.2 Å². The highest BCUT2D eigenvalue weighted by Crippen LogP contribution is 2.36. The van der Waals surface area contributed by atoms with E-state index in [-0.39, 0.29) is 0 Å². The Labute approximate surface area is 70.1 Å². The fourth-order valence-corrected chi connectivity index (χ4v) is 1.51. The van der Waals surface area contributed by atoms with Crippen LogP contribution in [0.2, 0.25) is 0 Å². The van der Waals surface area contributed by atoms with Gasteiger partial charge in [0, 0.05) is 5.41 Å². The second kappa shape index (κ2) is 3.57. The van der Waals surface area contributed by atoms with Gasteiger partial charge in [0.1, 0.15) is 0 Å². The summed E-state index contributed by atoms with van der Waals surface area (Å²) in [7, 11) is 0. The number of hydrogen-bond acceptors (Lipinski definition) is 1. The van der Waals surface area contributed by atoms with Gasteiger partial charge in [-0.2, -0.15) is 0 Å². The van der Waals surface area contributed by atoms with Crippen molar-refractivity contribution in [1.82, 2.24) is 0 Å². The zero-order chi connectivity index (χ0) is 8.32.